The van der Waals surface area contributed by atoms with E-state index in [-0.39, 0.29) is 23.8 Å². The van der Waals surface area contributed by atoms with Crippen LogP contribution >= 0.6 is 0 Å². The zero-order valence-electron chi connectivity index (χ0n) is 22.6. The number of carbonyl (C=O) groups is 5. The number of ketones is 1. The molecule has 0 aliphatic carbocycles. The highest BCUT2D eigenvalue weighted by molar-refractivity contribution is 6.19. The summed E-state index contributed by atoms with van der Waals surface area (Å²) in [6, 6.07) is 19.0. The van der Waals surface area contributed by atoms with Crippen molar-refractivity contribution in [2.24, 2.45) is 11.5 Å². The van der Waals surface area contributed by atoms with E-state index >= 15 is 0 Å². The zero-order valence-corrected chi connectivity index (χ0v) is 22.6. The van der Waals surface area contributed by atoms with Crippen LogP contribution in [0.4, 0.5) is 16.2 Å². The number of rotatable bonds is 12. The molecular weight excluding hydrogens is 544 g/mol. The number of nitrogens with one attached hydrogen (secondary N) is 2. The molecule has 13 heteroatoms. The van der Waals surface area contributed by atoms with Crippen molar-refractivity contribution in [3.05, 3.63) is 96.1 Å². The van der Waals surface area contributed by atoms with Crippen LogP contribution in [0.5, 0.6) is 0 Å². The Kier molecular flexibility index (Phi) is 9.73. The lowest BCUT2D eigenvalue weighted by Gasteiger charge is -2.41. The minimum absolute atomic E-state index is 0.0858. The van der Waals surface area contributed by atoms with Gasteiger partial charge in [0.2, 0.25) is 5.91 Å². The fourth-order valence-corrected chi connectivity index (χ4v) is 4.20. The van der Waals surface area contributed by atoms with Crippen LogP contribution in [-0.2, 0) is 25.7 Å². The van der Waals surface area contributed by atoms with Crippen molar-refractivity contribution in [2.75, 3.05) is 9.80 Å². The van der Waals surface area contributed by atoms with Crippen LogP contribution in [0.15, 0.2) is 84.9 Å². The summed E-state index contributed by atoms with van der Waals surface area (Å²) < 4.78 is 0. The van der Waals surface area contributed by atoms with Gasteiger partial charge in [0.25, 0.3) is 5.66 Å². The second-order valence-electron chi connectivity index (χ2n) is 9.25. The molecule has 0 heterocycles. The lowest BCUT2D eigenvalue weighted by molar-refractivity contribution is -0.151. The molecule has 2 atom stereocenters. The summed E-state index contributed by atoms with van der Waals surface area (Å²) in [4.78, 5) is 66.7. The third kappa shape index (κ3) is 6.77. The monoisotopic (exact) mass is 574 g/mol. The molecule has 3 amide bonds. The molecule has 0 fully saturated rings. The molecule has 0 aliphatic heterocycles. The van der Waals surface area contributed by atoms with E-state index in [2.05, 4.69) is 5.32 Å². The number of amidine groups is 1. The van der Waals surface area contributed by atoms with Gasteiger partial charge < -0.3 is 21.7 Å². The fraction of sp³-hybridized carbons (Fsp3) is 0.172. The third-order valence-electron chi connectivity index (χ3n) is 6.31. The van der Waals surface area contributed by atoms with Gasteiger partial charge in [0.1, 0.15) is 5.84 Å². The Balaban J connectivity index is 2.17. The largest absolute Gasteiger partial charge is 0.481 e. The Morgan fingerprint density at radius 2 is 1.43 bits per heavy atom. The average molecular weight is 575 g/mol. The summed E-state index contributed by atoms with van der Waals surface area (Å²) in [7, 11) is 0. The number of hydrogen-bond donors (Lipinski definition) is 6. The van der Waals surface area contributed by atoms with E-state index in [9.17, 15) is 34.2 Å². The molecule has 0 saturated carbocycles. The first-order valence-electron chi connectivity index (χ1n) is 12.6. The van der Waals surface area contributed by atoms with E-state index in [1.165, 1.54) is 48.5 Å². The van der Waals surface area contributed by atoms with Crippen molar-refractivity contribution >= 4 is 46.9 Å². The van der Waals surface area contributed by atoms with E-state index in [1.807, 2.05) is 0 Å². The lowest BCUT2D eigenvalue weighted by Crippen LogP contribution is -2.74. The van der Waals surface area contributed by atoms with Gasteiger partial charge in [-0.3, -0.25) is 34.9 Å². The Morgan fingerprint density at radius 3 is 1.90 bits per heavy atom. The Morgan fingerprint density at radius 1 is 0.881 bits per heavy atom. The Labute approximate surface area is 240 Å². The topological polar surface area (TPSA) is 220 Å². The van der Waals surface area contributed by atoms with Crippen molar-refractivity contribution in [3.63, 3.8) is 0 Å². The van der Waals surface area contributed by atoms with Gasteiger partial charge in [0, 0.05) is 16.9 Å². The summed E-state index contributed by atoms with van der Waals surface area (Å²) in [6.07, 6.45) is -0.869. The average Bonchev–Trinajstić information content (AvgIpc) is 2.95. The lowest BCUT2D eigenvalue weighted by atomic mass is 9.99. The van der Waals surface area contributed by atoms with Crippen LogP contribution in [0.3, 0.4) is 0 Å². The maximum Gasteiger partial charge on any atom is 0.359 e. The van der Waals surface area contributed by atoms with E-state index in [4.69, 9.17) is 16.9 Å². The molecule has 0 spiro atoms. The summed E-state index contributed by atoms with van der Waals surface area (Å²) in [5.74, 6) is -5.93. The number of aliphatic carboxylic acids is 2. The highest BCUT2D eigenvalue weighted by Gasteiger charge is 2.55. The highest BCUT2D eigenvalue weighted by atomic mass is 16.4. The molecule has 218 valence electrons. The number of carboxylic acid groups (broad SMARTS) is 2. The van der Waals surface area contributed by atoms with Gasteiger partial charge in [-0.2, -0.15) is 0 Å². The van der Waals surface area contributed by atoms with E-state index in [0.29, 0.717) is 16.0 Å². The number of hydrogen-bond acceptors (Lipinski definition) is 7. The molecule has 0 unspecified atom stereocenters. The molecule has 0 radical (unpaired) electrons. The van der Waals surface area contributed by atoms with Crippen LogP contribution in [0.2, 0.25) is 0 Å². The van der Waals surface area contributed by atoms with Crippen LogP contribution in [0, 0.1) is 5.41 Å². The number of para-hydroxylation sites is 1. The summed E-state index contributed by atoms with van der Waals surface area (Å²) >= 11 is 0. The Hall–Kier alpha value is -5.56. The quantitative estimate of drug-likeness (QED) is 0.0803. The standard InChI is InChI=1S/C29H30N6O7/c1-18(36)29(27(40)41,35(22-10-6-3-7-11-22)26(39)23(30)16-24(37)38)33-28(42)34(17-19-8-4-2-5-9-19)21-14-12-20(13-15-21)25(31)32/h2-15,23H,16-17,30H2,1H3,(H3,31,32)(H,33,42)(H,37,38)(H,40,41)/t23-,29-/m0/s1. The minimum Gasteiger partial charge on any atom is -0.481 e. The molecule has 0 aliphatic rings. The smallest absolute Gasteiger partial charge is 0.359 e. The number of anilines is 2. The van der Waals surface area contributed by atoms with Gasteiger partial charge in [-0.25, -0.2) is 9.59 Å². The minimum atomic E-state index is -3.03. The number of nitrogens with zero attached hydrogens (tertiary/aromatic N) is 2. The fourth-order valence-electron chi connectivity index (χ4n) is 4.20. The maximum atomic E-state index is 14.0. The number of nitrogens with two attached hydrogens (primary N) is 2. The first-order valence-corrected chi connectivity index (χ1v) is 12.6. The summed E-state index contributed by atoms with van der Waals surface area (Å²) in [6.45, 7) is 0.793. The van der Waals surface area contributed by atoms with E-state index in [1.54, 1.807) is 36.4 Å². The molecule has 8 N–H and O–H groups in total. The van der Waals surface area contributed by atoms with Crippen LogP contribution in [0.1, 0.15) is 24.5 Å². The van der Waals surface area contributed by atoms with Gasteiger partial charge in [0.15, 0.2) is 5.78 Å². The van der Waals surface area contributed by atoms with Crippen LogP contribution < -0.4 is 26.6 Å². The second kappa shape index (κ2) is 13.2. The third-order valence-corrected chi connectivity index (χ3v) is 6.31. The molecule has 42 heavy (non-hydrogen) atoms. The maximum absolute atomic E-state index is 14.0. The molecule has 0 aromatic heterocycles. The SMILES string of the molecule is CC(=O)[C@@](NC(=O)N(Cc1ccccc1)c1ccc(C(=N)N)cc1)(C(=O)O)N(C(=O)[C@@H](N)CC(=O)O)c1ccccc1. The molecule has 0 bridgehead atoms. The zero-order chi connectivity index (χ0) is 31.0. The number of benzene rings is 3. The molecule has 3 aromatic carbocycles. The summed E-state index contributed by atoms with van der Waals surface area (Å²) in [5, 5.41) is 29.6. The van der Waals surface area contributed by atoms with E-state index in [0.717, 1.165) is 11.8 Å². The van der Waals surface area contributed by atoms with Crippen molar-refractivity contribution in [1.82, 2.24) is 5.32 Å². The first kappa shape index (κ1) is 31.0. The number of Topliss-reactive ketones (excluding diaryl/α,β-unsaturated/α-hetero) is 1. The molecule has 3 rings (SSSR count). The van der Waals surface area contributed by atoms with Gasteiger partial charge in [0.05, 0.1) is 19.0 Å². The number of carbonyl (C=O) groups excluding carboxylic acids is 3. The van der Waals surface area contributed by atoms with Crippen molar-refractivity contribution in [3.8, 4) is 0 Å². The van der Waals surface area contributed by atoms with Crippen LogP contribution in [-0.4, -0.2) is 57.4 Å². The summed E-state index contributed by atoms with van der Waals surface area (Å²) in [5.41, 5.74) is 9.52. The number of amides is 3. The number of nitrogen functional groups attached to an aromatic ring is 1. The van der Waals surface area contributed by atoms with Gasteiger partial charge in [-0.1, -0.05) is 48.5 Å². The van der Waals surface area contributed by atoms with Crippen LogP contribution in [0.25, 0.3) is 0 Å². The first-order chi connectivity index (χ1) is 19.9. The molecular formula is C29H30N6O7. The predicted molar refractivity (Wildman–Crippen MR) is 154 cm³/mol. The van der Waals surface area contributed by atoms with Crippen molar-refractivity contribution < 1.29 is 34.2 Å². The van der Waals surface area contributed by atoms with Gasteiger partial charge in [-0.15, -0.1) is 0 Å². The molecule has 0 saturated heterocycles. The van der Waals surface area contributed by atoms with Crippen molar-refractivity contribution in [2.45, 2.75) is 31.6 Å². The van der Waals surface area contributed by atoms with Crippen molar-refractivity contribution in [1.29, 1.82) is 5.41 Å². The van der Waals surface area contributed by atoms with Gasteiger partial charge in [-0.05, 0) is 48.9 Å². The molecule has 3 aromatic rings. The van der Waals surface area contributed by atoms with Gasteiger partial charge >= 0.3 is 18.0 Å². The molecule has 13 nitrogen and oxygen atoms in total. The highest BCUT2D eigenvalue weighted by Crippen LogP contribution is 2.27. The number of urea groups is 1. The number of carboxylic acids is 2. The second-order valence-corrected chi connectivity index (χ2v) is 9.25. The Bertz CT molecular complexity index is 1470. The predicted octanol–water partition coefficient (Wildman–Crippen LogP) is 1.89. The normalized spacial score (nSPS) is 12.7. The van der Waals surface area contributed by atoms with E-state index < -0.39 is 47.8 Å².